The summed E-state index contributed by atoms with van der Waals surface area (Å²) in [7, 11) is 0. The normalized spacial score (nSPS) is 15.5. The average molecular weight is 539 g/mol. The molecule has 0 unspecified atom stereocenters. The van der Waals surface area contributed by atoms with Crippen LogP contribution in [0, 0.1) is 31.3 Å². The number of carbonyl (C=O) groups excluding carboxylic acids is 3. The molecule has 2 aromatic carbocycles. The number of aromatic nitrogens is 1. The summed E-state index contributed by atoms with van der Waals surface area (Å²) < 4.78 is 3.27. The average Bonchev–Trinajstić information content (AvgIpc) is 3.01. The van der Waals surface area contributed by atoms with Crippen LogP contribution in [0.1, 0.15) is 28.1 Å². The lowest BCUT2D eigenvalue weighted by Crippen LogP contribution is -2.54. The number of amides is 4. The lowest BCUT2D eigenvalue weighted by atomic mass is 10.1. The standard InChI is InChI=1S/C25H22IN3O3/c1-14-7-5-6-8-22(14)29-24(31)20(23(30)27-25(29)32)13-18-12-16(3)28(17(18)4)19-9-10-21(26)15(2)11-19/h5-13H,1-4H3,(H,27,30,32)/b20-13-. The van der Waals surface area contributed by atoms with Crippen LogP contribution in [0.3, 0.4) is 0 Å². The minimum Gasteiger partial charge on any atom is -0.318 e. The molecule has 3 aromatic rings. The summed E-state index contributed by atoms with van der Waals surface area (Å²) >= 11 is 2.30. The van der Waals surface area contributed by atoms with Gasteiger partial charge < -0.3 is 4.57 Å². The van der Waals surface area contributed by atoms with Crippen LogP contribution in [0.15, 0.2) is 54.1 Å². The Morgan fingerprint density at radius 3 is 2.31 bits per heavy atom. The number of aryl methyl sites for hydroxylation is 3. The number of urea groups is 1. The third kappa shape index (κ3) is 3.77. The summed E-state index contributed by atoms with van der Waals surface area (Å²) in [5, 5.41) is 2.29. The second kappa shape index (κ2) is 8.38. The highest BCUT2D eigenvalue weighted by Crippen LogP contribution is 2.28. The van der Waals surface area contributed by atoms with Gasteiger partial charge in [0.05, 0.1) is 5.69 Å². The van der Waals surface area contributed by atoms with Gasteiger partial charge in [0.2, 0.25) is 0 Å². The van der Waals surface area contributed by atoms with Gasteiger partial charge in [0, 0.05) is 20.6 Å². The van der Waals surface area contributed by atoms with Gasteiger partial charge in [0.25, 0.3) is 11.8 Å². The van der Waals surface area contributed by atoms with Gasteiger partial charge in [-0.25, -0.2) is 9.69 Å². The Morgan fingerprint density at radius 2 is 1.62 bits per heavy atom. The highest BCUT2D eigenvalue weighted by Gasteiger charge is 2.37. The van der Waals surface area contributed by atoms with Crippen molar-refractivity contribution in [3.63, 3.8) is 0 Å². The fourth-order valence-corrected chi connectivity index (χ4v) is 4.28. The van der Waals surface area contributed by atoms with Gasteiger partial charge in [-0.2, -0.15) is 0 Å². The first-order chi connectivity index (χ1) is 15.2. The maximum absolute atomic E-state index is 13.2. The molecule has 0 aliphatic carbocycles. The predicted molar refractivity (Wildman–Crippen MR) is 133 cm³/mol. The zero-order valence-electron chi connectivity index (χ0n) is 18.2. The molecule has 0 spiro atoms. The minimum atomic E-state index is -0.744. The molecule has 0 radical (unpaired) electrons. The molecule has 0 saturated carbocycles. The molecule has 1 fully saturated rings. The van der Waals surface area contributed by atoms with Crippen LogP contribution in [0.4, 0.5) is 10.5 Å². The van der Waals surface area contributed by atoms with E-state index in [2.05, 4.69) is 51.5 Å². The third-order valence-electron chi connectivity index (χ3n) is 5.63. The maximum atomic E-state index is 13.2. The Labute approximate surface area is 200 Å². The van der Waals surface area contributed by atoms with Crippen LogP contribution in [-0.2, 0) is 9.59 Å². The molecule has 7 heteroatoms. The van der Waals surface area contributed by atoms with Crippen molar-refractivity contribution in [3.05, 3.63) is 85.8 Å². The molecular weight excluding hydrogens is 517 g/mol. The molecule has 4 amide bonds. The maximum Gasteiger partial charge on any atom is 0.335 e. The number of hydrogen-bond donors (Lipinski definition) is 1. The number of nitrogens with zero attached hydrogens (tertiary/aromatic N) is 2. The number of rotatable bonds is 3. The molecule has 4 rings (SSSR count). The van der Waals surface area contributed by atoms with Crippen molar-refractivity contribution in [1.29, 1.82) is 0 Å². The number of anilines is 1. The largest absolute Gasteiger partial charge is 0.335 e. The molecule has 6 nitrogen and oxygen atoms in total. The second-order valence-corrected chi connectivity index (χ2v) is 9.00. The Morgan fingerprint density at radius 1 is 0.906 bits per heavy atom. The minimum absolute atomic E-state index is 0.0770. The smallest absolute Gasteiger partial charge is 0.318 e. The molecule has 1 N–H and O–H groups in total. The van der Waals surface area contributed by atoms with Crippen molar-refractivity contribution in [2.45, 2.75) is 27.7 Å². The summed E-state index contributed by atoms with van der Waals surface area (Å²) in [6.07, 6.45) is 1.56. The fraction of sp³-hybridized carbons (Fsp3) is 0.160. The lowest BCUT2D eigenvalue weighted by molar-refractivity contribution is -0.122. The van der Waals surface area contributed by atoms with Crippen LogP contribution in [-0.4, -0.2) is 22.4 Å². The Hall–Kier alpha value is -3.20. The molecule has 2 heterocycles. The van der Waals surface area contributed by atoms with Crippen LogP contribution in [0.2, 0.25) is 0 Å². The van der Waals surface area contributed by atoms with E-state index >= 15 is 0 Å². The molecule has 1 aliphatic rings. The number of carbonyl (C=O) groups is 3. The molecule has 1 aliphatic heterocycles. The van der Waals surface area contributed by atoms with E-state index in [1.807, 2.05) is 45.0 Å². The zero-order chi connectivity index (χ0) is 23.2. The van der Waals surface area contributed by atoms with E-state index in [-0.39, 0.29) is 5.57 Å². The lowest BCUT2D eigenvalue weighted by Gasteiger charge is -2.27. The monoisotopic (exact) mass is 539 g/mol. The summed E-state index contributed by atoms with van der Waals surface area (Å²) in [4.78, 5) is 39.3. The summed E-state index contributed by atoms with van der Waals surface area (Å²) in [6, 6.07) is 14.5. The van der Waals surface area contributed by atoms with Gasteiger partial charge in [-0.1, -0.05) is 18.2 Å². The van der Waals surface area contributed by atoms with E-state index in [0.29, 0.717) is 5.69 Å². The molecule has 1 saturated heterocycles. The second-order valence-electron chi connectivity index (χ2n) is 7.84. The van der Waals surface area contributed by atoms with Crippen molar-refractivity contribution in [3.8, 4) is 5.69 Å². The highest BCUT2D eigenvalue weighted by molar-refractivity contribution is 14.1. The Kier molecular flexibility index (Phi) is 5.77. The Balaban J connectivity index is 1.78. The van der Waals surface area contributed by atoms with Crippen LogP contribution in [0.5, 0.6) is 0 Å². The summed E-state index contributed by atoms with van der Waals surface area (Å²) in [5.41, 5.74) is 5.94. The van der Waals surface area contributed by atoms with Crippen molar-refractivity contribution < 1.29 is 14.4 Å². The third-order valence-corrected chi connectivity index (χ3v) is 6.84. The van der Waals surface area contributed by atoms with Gasteiger partial charge in [0.1, 0.15) is 5.57 Å². The molecule has 32 heavy (non-hydrogen) atoms. The first-order valence-electron chi connectivity index (χ1n) is 10.1. The van der Waals surface area contributed by atoms with E-state index in [9.17, 15) is 14.4 Å². The van der Waals surface area contributed by atoms with Gasteiger partial charge in [-0.15, -0.1) is 0 Å². The van der Waals surface area contributed by atoms with E-state index in [1.165, 1.54) is 9.13 Å². The quantitative estimate of drug-likeness (QED) is 0.290. The van der Waals surface area contributed by atoms with Crippen molar-refractivity contribution in [2.24, 2.45) is 0 Å². The van der Waals surface area contributed by atoms with Crippen LogP contribution in [0.25, 0.3) is 11.8 Å². The van der Waals surface area contributed by atoms with Gasteiger partial charge in [-0.3, -0.25) is 14.9 Å². The number of imide groups is 2. The first kappa shape index (κ1) is 22.0. The highest BCUT2D eigenvalue weighted by atomic mass is 127. The number of benzene rings is 2. The molecule has 1 aromatic heterocycles. The van der Waals surface area contributed by atoms with E-state index in [1.54, 1.807) is 18.2 Å². The number of barbiturate groups is 1. The molecule has 162 valence electrons. The number of hydrogen-bond acceptors (Lipinski definition) is 3. The fourth-order valence-electron chi connectivity index (χ4n) is 3.95. The summed E-state index contributed by atoms with van der Waals surface area (Å²) in [5.74, 6) is -1.33. The summed E-state index contributed by atoms with van der Waals surface area (Å²) in [6.45, 7) is 7.80. The van der Waals surface area contributed by atoms with Crippen molar-refractivity contribution in [2.75, 3.05) is 4.90 Å². The van der Waals surface area contributed by atoms with Crippen molar-refractivity contribution >= 4 is 52.2 Å². The predicted octanol–water partition coefficient (Wildman–Crippen LogP) is 4.98. The number of halogens is 1. The molecule has 0 atom stereocenters. The van der Waals surface area contributed by atoms with Gasteiger partial charge >= 0.3 is 6.03 Å². The van der Waals surface area contributed by atoms with Gasteiger partial charge in [0.15, 0.2) is 0 Å². The zero-order valence-corrected chi connectivity index (χ0v) is 20.4. The SMILES string of the molecule is Cc1cc(-n2c(C)cc(/C=C3/C(=O)NC(=O)N(c4ccccc4C)C3=O)c2C)ccc1I. The number of para-hydroxylation sites is 1. The van der Waals surface area contributed by atoms with Crippen LogP contribution < -0.4 is 10.2 Å². The molecule has 0 bridgehead atoms. The van der Waals surface area contributed by atoms with E-state index < -0.39 is 17.8 Å². The van der Waals surface area contributed by atoms with E-state index in [0.717, 1.165) is 33.1 Å². The first-order valence-corrected chi connectivity index (χ1v) is 11.2. The topological polar surface area (TPSA) is 71.4 Å². The van der Waals surface area contributed by atoms with Crippen LogP contribution >= 0.6 is 22.6 Å². The number of nitrogens with one attached hydrogen (secondary N) is 1. The molecular formula is C25H22IN3O3. The van der Waals surface area contributed by atoms with E-state index in [4.69, 9.17) is 0 Å². The van der Waals surface area contributed by atoms with Crippen molar-refractivity contribution in [1.82, 2.24) is 9.88 Å². The van der Waals surface area contributed by atoms with Gasteiger partial charge in [-0.05, 0) is 103 Å². The Bertz CT molecular complexity index is 1320.